The average Bonchev–Trinajstić information content (AvgIpc) is 3.63. The summed E-state index contributed by atoms with van der Waals surface area (Å²) in [6.07, 6.45) is 1.79. The van der Waals surface area contributed by atoms with E-state index in [1.807, 2.05) is 6.07 Å². The van der Waals surface area contributed by atoms with E-state index in [1.165, 1.54) is 0 Å². The van der Waals surface area contributed by atoms with Crippen LogP contribution in [0.2, 0.25) is 0 Å². The van der Waals surface area contributed by atoms with Gasteiger partial charge in [0, 0.05) is 11.1 Å². The molecule has 1 fully saturated rings. The van der Waals surface area contributed by atoms with Gasteiger partial charge in [-0.15, -0.1) is 0 Å². The summed E-state index contributed by atoms with van der Waals surface area (Å²) in [5, 5.41) is 11.9. The number of carbonyl (C=O) groups excluding carboxylic acids is 3. The molecule has 7 nitrogen and oxygen atoms in total. The molecule has 0 heterocycles. The Kier molecular flexibility index (Phi) is 6.48. The molecule has 0 aromatic heterocycles. The summed E-state index contributed by atoms with van der Waals surface area (Å²) in [6.45, 7) is 0.813. The van der Waals surface area contributed by atoms with E-state index < -0.39 is 24.0 Å². The maximum Gasteiger partial charge on any atom is 0.344 e. The van der Waals surface area contributed by atoms with Gasteiger partial charge in [-0.3, -0.25) is 9.59 Å². The molecule has 1 saturated carbocycles. The fourth-order valence-corrected chi connectivity index (χ4v) is 3.00. The summed E-state index contributed by atoms with van der Waals surface area (Å²) in [4.78, 5) is 36.1. The van der Waals surface area contributed by atoms with E-state index in [-0.39, 0.29) is 18.3 Å². The first-order chi connectivity index (χ1) is 14.4. The van der Waals surface area contributed by atoms with Crippen LogP contribution in [0.4, 0.5) is 0 Å². The smallest absolute Gasteiger partial charge is 0.344 e. The standard InChI is InChI=1S/C23H22N2O5/c1-23(15-24,18-9-10-18)25-20(26)13-30-21(27)14-29-19-11-7-17(8-12-19)22(28)16-5-3-2-4-6-16/h2-8,11-12,18H,9-10,13-14H2,1H3,(H,25,26)/t23-/m0/s1. The largest absolute Gasteiger partial charge is 0.482 e. The van der Waals surface area contributed by atoms with E-state index in [0.29, 0.717) is 16.9 Å². The monoisotopic (exact) mass is 406 g/mol. The van der Waals surface area contributed by atoms with Crippen LogP contribution in [-0.2, 0) is 14.3 Å². The molecule has 0 radical (unpaired) electrons. The molecule has 0 bridgehead atoms. The van der Waals surface area contributed by atoms with Crippen molar-refractivity contribution >= 4 is 17.7 Å². The third-order valence-electron chi connectivity index (χ3n) is 4.90. The molecule has 0 aliphatic heterocycles. The van der Waals surface area contributed by atoms with E-state index in [4.69, 9.17) is 9.47 Å². The van der Waals surface area contributed by atoms with Gasteiger partial charge in [0.05, 0.1) is 6.07 Å². The number of esters is 1. The Morgan fingerprint density at radius 2 is 1.67 bits per heavy atom. The number of amides is 1. The molecule has 30 heavy (non-hydrogen) atoms. The third kappa shape index (κ3) is 5.45. The Morgan fingerprint density at radius 1 is 1.03 bits per heavy atom. The first-order valence-corrected chi connectivity index (χ1v) is 9.62. The van der Waals surface area contributed by atoms with Crippen LogP contribution in [0.15, 0.2) is 54.6 Å². The first-order valence-electron chi connectivity index (χ1n) is 9.62. The highest BCUT2D eigenvalue weighted by atomic mass is 16.6. The zero-order valence-corrected chi connectivity index (χ0v) is 16.6. The van der Waals surface area contributed by atoms with Gasteiger partial charge >= 0.3 is 5.97 Å². The summed E-state index contributed by atoms with van der Waals surface area (Å²) in [5.74, 6) is -0.806. The Morgan fingerprint density at radius 3 is 2.27 bits per heavy atom. The number of hydrogen-bond acceptors (Lipinski definition) is 6. The number of benzene rings is 2. The van der Waals surface area contributed by atoms with Crippen LogP contribution in [0.5, 0.6) is 5.75 Å². The quantitative estimate of drug-likeness (QED) is 0.507. The third-order valence-corrected chi connectivity index (χ3v) is 4.90. The molecule has 0 spiro atoms. The number of hydrogen-bond donors (Lipinski definition) is 1. The highest BCUT2D eigenvalue weighted by Crippen LogP contribution is 2.39. The average molecular weight is 406 g/mol. The summed E-state index contributed by atoms with van der Waals surface area (Å²) in [7, 11) is 0. The molecule has 1 N–H and O–H groups in total. The lowest BCUT2D eigenvalue weighted by Gasteiger charge is -2.22. The van der Waals surface area contributed by atoms with Crippen molar-refractivity contribution in [3.8, 4) is 11.8 Å². The summed E-state index contributed by atoms with van der Waals surface area (Å²) in [5.41, 5.74) is 0.157. The minimum Gasteiger partial charge on any atom is -0.482 e. The maximum atomic E-state index is 12.4. The zero-order valence-electron chi connectivity index (χ0n) is 16.6. The molecule has 1 atom stereocenters. The van der Waals surface area contributed by atoms with E-state index in [0.717, 1.165) is 12.8 Å². The molecule has 2 aromatic rings. The van der Waals surface area contributed by atoms with Gasteiger partial charge in [0.1, 0.15) is 11.3 Å². The second kappa shape index (κ2) is 9.23. The lowest BCUT2D eigenvalue weighted by molar-refractivity contribution is -0.150. The lowest BCUT2D eigenvalue weighted by atomic mass is 9.98. The van der Waals surface area contributed by atoms with Gasteiger partial charge < -0.3 is 14.8 Å². The van der Waals surface area contributed by atoms with Gasteiger partial charge in [-0.2, -0.15) is 5.26 Å². The first kappa shape index (κ1) is 21.1. The van der Waals surface area contributed by atoms with Crippen LogP contribution < -0.4 is 10.1 Å². The number of ketones is 1. The molecule has 3 rings (SSSR count). The Labute approximate surface area is 174 Å². The number of nitrogens with zero attached hydrogens (tertiary/aromatic N) is 1. The fourth-order valence-electron chi connectivity index (χ4n) is 3.00. The molecule has 1 aliphatic carbocycles. The molecule has 154 valence electrons. The van der Waals surface area contributed by atoms with E-state index >= 15 is 0 Å². The fraction of sp³-hybridized carbons (Fsp3) is 0.304. The van der Waals surface area contributed by atoms with E-state index in [1.54, 1.807) is 55.5 Å². The van der Waals surface area contributed by atoms with Gasteiger partial charge in [0.15, 0.2) is 19.0 Å². The van der Waals surface area contributed by atoms with Gasteiger partial charge in [-0.25, -0.2) is 4.79 Å². The summed E-state index contributed by atoms with van der Waals surface area (Å²) < 4.78 is 10.2. The predicted octanol–water partition coefficient (Wildman–Crippen LogP) is 2.65. The van der Waals surface area contributed by atoms with Gasteiger partial charge in [-0.05, 0) is 49.9 Å². The molecular weight excluding hydrogens is 384 g/mol. The van der Waals surface area contributed by atoms with Crippen LogP contribution in [0, 0.1) is 17.2 Å². The highest BCUT2D eigenvalue weighted by molar-refractivity contribution is 6.08. The van der Waals surface area contributed by atoms with Crippen molar-refractivity contribution in [3.63, 3.8) is 0 Å². The molecule has 0 saturated heterocycles. The minimum absolute atomic E-state index is 0.108. The predicted molar refractivity (Wildman–Crippen MR) is 108 cm³/mol. The maximum absolute atomic E-state index is 12.4. The van der Waals surface area contributed by atoms with Crippen molar-refractivity contribution in [1.82, 2.24) is 5.32 Å². The number of rotatable bonds is 9. The van der Waals surface area contributed by atoms with Gasteiger partial charge in [-0.1, -0.05) is 30.3 Å². The molecule has 0 unspecified atom stereocenters. The van der Waals surface area contributed by atoms with Crippen molar-refractivity contribution in [3.05, 3.63) is 65.7 Å². The number of carbonyl (C=O) groups is 3. The second-order valence-corrected chi connectivity index (χ2v) is 7.31. The molecule has 7 heteroatoms. The van der Waals surface area contributed by atoms with Crippen LogP contribution in [0.3, 0.4) is 0 Å². The zero-order chi connectivity index (χ0) is 21.6. The van der Waals surface area contributed by atoms with Crippen molar-refractivity contribution < 1.29 is 23.9 Å². The van der Waals surface area contributed by atoms with Crippen molar-refractivity contribution in [2.45, 2.75) is 25.3 Å². The Balaban J connectivity index is 1.43. The number of nitriles is 1. The highest BCUT2D eigenvalue weighted by Gasteiger charge is 2.43. The second-order valence-electron chi connectivity index (χ2n) is 7.31. The van der Waals surface area contributed by atoms with Crippen molar-refractivity contribution in [2.24, 2.45) is 5.92 Å². The Bertz CT molecular complexity index is 961. The molecular formula is C23H22N2O5. The SMILES string of the molecule is C[C@@](C#N)(NC(=O)COC(=O)COc1ccc(C(=O)c2ccccc2)cc1)C1CC1. The molecule has 2 aromatic carbocycles. The van der Waals surface area contributed by atoms with E-state index in [2.05, 4.69) is 11.4 Å². The van der Waals surface area contributed by atoms with Crippen LogP contribution in [0.25, 0.3) is 0 Å². The van der Waals surface area contributed by atoms with E-state index in [9.17, 15) is 19.6 Å². The normalized spacial score (nSPS) is 14.7. The Hall–Kier alpha value is -3.66. The summed E-state index contributed by atoms with van der Waals surface area (Å²) in [6, 6.07) is 17.4. The minimum atomic E-state index is -0.932. The van der Waals surface area contributed by atoms with Crippen LogP contribution in [0.1, 0.15) is 35.7 Å². The topological polar surface area (TPSA) is 105 Å². The van der Waals surface area contributed by atoms with Gasteiger partial charge in [0.25, 0.3) is 5.91 Å². The number of nitrogens with one attached hydrogen (secondary N) is 1. The van der Waals surface area contributed by atoms with Crippen molar-refractivity contribution in [2.75, 3.05) is 13.2 Å². The van der Waals surface area contributed by atoms with Crippen LogP contribution in [-0.4, -0.2) is 36.4 Å². The summed E-state index contributed by atoms with van der Waals surface area (Å²) >= 11 is 0. The molecule has 1 amide bonds. The van der Waals surface area contributed by atoms with Gasteiger partial charge in [0.2, 0.25) is 0 Å². The van der Waals surface area contributed by atoms with Crippen LogP contribution >= 0.6 is 0 Å². The number of ether oxygens (including phenoxy) is 2. The lowest BCUT2D eigenvalue weighted by Crippen LogP contribution is -2.48. The molecule has 1 aliphatic rings. The van der Waals surface area contributed by atoms with Crippen molar-refractivity contribution in [1.29, 1.82) is 5.26 Å².